The number of aromatic carboxylic acids is 1. The minimum absolute atomic E-state index is 0.123. The van der Waals surface area contributed by atoms with Crippen molar-refractivity contribution in [1.29, 1.82) is 0 Å². The van der Waals surface area contributed by atoms with Crippen molar-refractivity contribution in [3.05, 3.63) is 23.6 Å². The van der Waals surface area contributed by atoms with E-state index in [9.17, 15) is 9.18 Å². The summed E-state index contributed by atoms with van der Waals surface area (Å²) in [7, 11) is 0. The second-order valence-corrected chi connectivity index (χ2v) is 3.80. The molecule has 0 bridgehead atoms. The third kappa shape index (κ3) is 3.14. The summed E-state index contributed by atoms with van der Waals surface area (Å²) in [5.74, 6) is -1.79. The summed E-state index contributed by atoms with van der Waals surface area (Å²) in [6.45, 7) is 1.87. The topological polar surface area (TPSA) is 80.7 Å². The zero-order chi connectivity index (χ0) is 13.0. The number of hydrogen-bond donors (Lipinski definition) is 2. The smallest absolute Gasteiger partial charge is 0.339 e. The molecule has 0 aliphatic carbocycles. The van der Waals surface area contributed by atoms with Gasteiger partial charge in [-0.1, -0.05) is 0 Å². The molecule has 7 heteroatoms. The lowest BCUT2D eigenvalue weighted by Gasteiger charge is -2.23. The standard InChI is InChI=1S/C11H13FN2O4/c12-7-3-9(11(15)16)10(13-4-7)14-5-8-6-17-1-2-18-8/h3-4,8H,1-2,5-6H2,(H,13,14)(H,15,16). The van der Waals surface area contributed by atoms with Crippen LogP contribution in [0.25, 0.3) is 0 Å². The van der Waals surface area contributed by atoms with Crippen LogP contribution in [0.1, 0.15) is 10.4 Å². The van der Waals surface area contributed by atoms with Crippen molar-refractivity contribution >= 4 is 11.8 Å². The van der Waals surface area contributed by atoms with Gasteiger partial charge in [0.15, 0.2) is 0 Å². The van der Waals surface area contributed by atoms with Gasteiger partial charge < -0.3 is 19.9 Å². The molecule has 6 nitrogen and oxygen atoms in total. The monoisotopic (exact) mass is 256 g/mol. The van der Waals surface area contributed by atoms with Gasteiger partial charge in [0.1, 0.15) is 17.2 Å². The predicted molar refractivity (Wildman–Crippen MR) is 60.2 cm³/mol. The Morgan fingerprint density at radius 3 is 3.11 bits per heavy atom. The molecule has 0 radical (unpaired) electrons. The first-order valence-corrected chi connectivity index (χ1v) is 5.49. The Morgan fingerprint density at radius 2 is 2.44 bits per heavy atom. The largest absolute Gasteiger partial charge is 0.478 e. The highest BCUT2D eigenvalue weighted by atomic mass is 19.1. The van der Waals surface area contributed by atoms with Crippen molar-refractivity contribution in [1.82, 2.24) is 4.98 Å². The van der Waals surface area contributed by atoms with Crippen molar-refractivity contribution in [2.75, 3.05) is 31.7 Å². The van der Waals surface area contributed by atoms with E-state index in [1.54, 1.807) is 0 Å². The molecule has 0 spiro atoms. The van der Waals surface area contributed by atoms with Crippen LogP contribution in [0.5, 0.6) is 0 Å². The molecule has 2 heterocycles. The van der Waals surface area contributed by atoms with Gasteiger partial charge >= 0.3 is 5.97 Å². The van der Waals surface area contributed by atoms with Crippen LogP contribution in [0, 0.1) is 5.82 Å². The molecule has 18 heavy (non-hydrogen) atoms. The summed E-state index contributed by atoms with van der Waals surface area (Å²) < 4.78 is 23.5. The second-order valence-electron chi connectivity index (χ2n) is 3.80. The number of anilines is 1. The first-order chi connectivity index (χ1) is 8.66. The quantitative estimate of drug-likeness (QED) is 0.827. The maximum absolute atomic E-state index is 12.9. The average Bonchev–Trinajstić information content (AvgIpc) is 2.38. The number of nitrogens with zero attached hydrogens (tertiary/aromatic N) is 1. The van der Waals surface area contributed by atoms with Gasteiger partial charge in [0.25, 0.3) is 0 Å². The van der Waals surface area contributed by atoms with Crippen LogP contribution < -0.4 is 5.32 Å². The van der Waals surface area contributed by atoms with Gasteiger partial charge in [0.05, 0.1) is 32.1 Å². The number of aromatic nitrogens is 1. The Morgan fingerprint density at radius 1 is 1.61 bits per heavy atom. The third-order valence-electron chi connectivity index (χ3n) is 2.47. The van der Waals surface area contributed by atoms with E-state index in [1.165, 1.54) is 0 Å². The van der Waals surface area contributed by atoms with Crippen LogP contribution in [0.4, 0.5) is 10.2 Å². The molecule has 1 aliphatic heterocycles. The van der Waals surface area contributed by atoms with E-state index < -0.39 is 11.8 Å². The number of halogens is 1. The zero-order valence-corrected chi connectivity index (χ0v) is 9.56. The maximum atomic E-state index is 12.9. The molecule has 2 N–H and O–H groups in total. The SMILES string of the molecule is O=C(O)c1cc(F)cnc1NCC1COCCO1. The van der Waals surface area contributed by atoms with E-state index in [4.69, 9.17) is 14.6 Å². The van der Waals surface area contributed by atoms with Gasteiger partial charge in [0, 0.05) is 6.54 Å². The summed E-state index contributed by atoms with van der Waals surface area (Å²) in [5.41, 5.74) is -0.202. The summed E-state index contributed by atoms with van der Waals surface area (Å²) in [4.78, 5) is 14.6. The maximum Gasteiger partial charge on any atom is 0.339 e. The predicted octanol–water partition coefficient (Wildman–Crippen LogP) is 0.746. The number of hydrogen-bond acceptors (Lipinski definition) is 5. The van der Waals surface area contributed by atoms with Gasteiger partial charge in [-0.3, -0.25) is 0 Å². The average molecular weight is 256 g/mol. The molecule has 1 fully saturated rings. The molecule has 0 saturated carbocycles. The summed E-state index contributed by atoms with van der Waals surface area (Å²) in [6, 6.07) is 0.926. The number of nitrogens with one attached hydrogen (secondary N) is 1. The third-order valence-corrected chi connectivity index (χ3v) is 2.47. The van der Waals surface area contributed by atoms with Gasteiger partial charge in [0.2, 0.25) is 0 Å². The first-order valence-electron chi connectivity index (χ1n) is 5.49. The molecule has 0 aromatic carbocycles. The lowest BCUT2D eigenvalue weighted by molar-refractivity contribution is -0.0819. The van der Waals surface area contributed by atoms with Crippen molar-refractivity contribution in [2.45, 2.75) is 6.10 Å². The Hall–Kier alpha value is -1.73. The summed E-state index contributed by atoms with van der Waals surface area (Å²) in [5, 5.41) is 11.8. The number of pyridine rings is 1. The van der Waals surface area contributed by atoms with Gasteiger partial charge in [-0.25, -0.2) is 14.2 Å². The molecule has 1 saturated heterocycles. The molecule has 1 aromatic heterocycles. The number of ether oxygens (including phenoxy) is 2. The van der Waals surface area contributed by atoms with Gasteiger partial charge in [-0.05, 0) is 6.07 Å². The van der Waals surface area contributed by atoms with Crippen LogP contribution in [-0.4, -0.2) is 48.5 Å². The van der Waals surface area contributed by atoms with Crippen molar-refractivity contribution < 1.29 is 23.8 Å². The fourth-order valence-electron chi connectivity index (χ4n) is 1.61. The number of rotatable bonds is 4. The Balaban J connectivity index is 2.01. The van der Waals surface area contributed by atoms with Crippen molar-refractivity contribution in [3.8, 4) is 0 Å². The number of carboxylic acid groups (broad SMARTS) is 1. The minimum atomic E-state index is -1.23. The highest BCUT2D eigenvalue weighted by molar-refractivity contribution is 5.93. The van der Waals surface area contributed by atoms with Gasteiger partial charge in [-0.15, -0.1) is 0 Å². The summed E-state index contributed by atoms with van der Waals surface area (Å²) >= 11 is 0. The van der Waals surface area contributed by atoms with E-state index in [1.807, 2.05) is 0 Å². The van der Waals surface area contributed by atoms with Crippen LogP contribution >= 0.6 is 0 Å². The van der Waals surface area contributed by atoms with E-state index in [2.05, 4.69) is 10.3 Å². The zero-order valence-electron chi connectivity index (χ0n) is 9.56. The number of carbonyl (C=O) groups is 1. The molecular weight excluding hydrogens is 243 g/mol. The Bertz CT molecular complexity index is 435. The lowest BCUT2D eigenvalue weighted by atomic mass is 10.2. The molecule has 98 valence electrons. The van der Waals surface area contributed by atoms with Crippen LogP contribution in [0.15, 0.2) is 12.3 Å². The highest BCUT2D eigenvalue weighted by Crippen LogP contribution is 2.14. The minimum Gasteiger partial charge on any atom is -0.478 e. The Labute approximate surface area is 103 Å². The lowest BCUT2D eigenvalue weighted by Crippen LogP contribution is -2.34. The Kier molecular flexibility index (Phi) is 4.06. The van der Waals surface area contributed by atoms with E-state index in [0.717, 1.165) is 12.3 Å². The normalized spacial score (nSPS) is 19.5. The molecule has 1 unspecified atom stereocenters. The van der Waals surface area contributed by atoms with E-state index >= 15 is 0 Å². The number of carboxylic acids is 1. The fraction of sp³-hybridized carbons (Fsp3) is 0.455. The van der Waals surface area contributed by atoms with Crippen LogP contribution in [0.3, 0.4) is 0 Å². The van der Waals surface area contributed by atoms with Gasteiger partial charge in [-0.2, -0.15) is 0 Å². The second kappa shape index (κ2) is 5.74. The van der Waals surface area contributed by atoms with Crippen LogP contribution in [0.2, 0.25) is 0 Å². The first kappa shape index (κ1) is 12.7. The molecule has 1 aliphatic rings. The molecule has 1 aromatic rings. The molecule has 1 atom stereocenters. The summed E-state index contributed by atoms with van der Waals surface area (Å²) in [6.07, 6.45) is 0.805. The molecule has 0 amide bonds. The fourth-order valence-corrected chi connectivity index (χ4v) is 1.61. The van der Waals surface area contributed by atoms with E-state index in [0.29, 0.717) is 26.4 Å². The molecule has 2 rings (SSSR count). The van der Waals surface area contributed by atoms with E-state index in [-0.39, 0.29) is 17.5 Å². The van der Waals surface area contributed by atoms with Crippen molar-refractivity contribution in [3.63, 3.8) is 0 Å². The van der Waals surface area contributed by atoms with Crippen LogP contribution in [-0.2, 0) is 9.47 Å². The highest BCUT2D eigenvalue weighted by Gasteiger charge is 2.17. The van der Waals surface area contributed by atoms with Crippen molar-refractivity contribution in [2.24, 2.45) is 0 Å². The molecular formula is C11H13FN2O4.